The molecule has 0 saturated heterocycles. The van der Waals surface area contributed by atoms with Gasteiger partial charge in [0.1, 0.15) is 6.61 Å². The molecule has 0 bridgehead atoms. The molecule has 25 heavy (non-hydrogen) atoms. The maximum Gasteiger partial charge on any atom is 0.161 e. The Morgan fingerprint density at radius 1 is 1.28 bits per heavy atom. The van der Waals surface area contributed by atoms with Crippen LogP contribution in [0.2, 0.25) is 0 Å². The number of allylic oxidation sites excluding steroid dienone is 4. The number of carbonyl (C=O) groups is 1. The molecule has 1 fully saturated rings. The molecule has 0 aromatic rings. The molecule has 0 aromatic carbocycles. The summed E-state index contributed by atoms with van der Waals surface area (Å²) in [7, 11) is 0. The highest BCUT2D eigenvalue weighted by Gasteiger charge is 2.52. The maximum absolute atomic E-state index is 12.2. The maximum atomic E-state index is 12.2. The SMILES string of the molecule is CC1=C(/C=C/C2=C[C@@H](O)C[C@]3(C)[C@@H](C(=O)CO)CC[C@@H]23)C[C@@H](O)CC1. The molecular formula is C21H30O4. The van der Waals surface area contributed by atoms with Crippen LogP contribution in [0.3, 0.4) is 0 Å². The topological polar surface area (TPSA) is 77.8 Å². The first-order valence-corrected chi connectivity index (χ1v) is 9.43. The van der Waals surface area contributed by atoms with Crippen LogP contribution in [-0.4, -0.2) is 39.9 Å². The van der Waals surface area contributed by atoms with Gasteiger partial charge in [0.05, 0.1) is 12.2 Å². The number of hydrogen-bond acceptors (Lipinski definition) is 4. The van der Waals surface area contributed by atoms with E-state index in [0.717, 1.165) is 31.3 Å². The van der Waals surface area contributed by atoms with Crippen LogP contribution in [-0.2, 0) is 4.79 Å². The molecule has 4 heteroatoms. The number of aliphatic hydroxyl groups excluding tert-OH is 3. The Hall–Kier alpha value is -1.23. The van der Waals surface area contributed by atoms with Crippen molar-refractivity contribution in [3.05, 3.63) is 34.9 Å². The first kappa shape index (κ1) is 18.6. The second-order valence-corrected chi connectivity index (χ2v) is 8.29. The van der Waals surface area contributed by atoms with E-state index in [1.54, 1.807) is 0 Å². The largest absolute Gasteiger partial charge is 0.393 e. The lowest BCUT2D eigenvalue weighted by Crippen LogP contribution is -2.40. The third-order valence-corrected chi connectivity index (χ3v) is 6.65. The van der Waals surface area contributed by atoms with Crippen molar-refractivity contribution in [2.75, 3.05) is 6.61 Å². The number of ketones is 1. The third kappa shape index (κ3) is 3.53. The quantitative estimate of drug-likeness (QED) is 0.731. The molecular weight excluding hydrogens is 316 g/mol. The van der Waals surface area contributed by atoms with E-state index < -0.39 is 12.7 Å². The minimum atomic E-state index is -0.556. The molecule has 3 aliphatic carbocycles. The number of hydrogen-bond donors (Lipinski definition) is 3. The van der Waals surface area contributed by atoms with E-state index in [-0.39, 0.29) is 29.1 Å². The van der Waals surface area contributed by atoms with Gasteiger partial charge in [-0.2, -0.15) is 0 Å². The van der Waals surface area contributed by atoms with Gasteiger partial charge in [0.25, 0.3) is 0 Å². The number of fused-ring (bicyclic) bond motifs is 1. The van der Waals surface area contributed by atoms with Crippen molar-refractivity contribution in [1.29, 1.82) is 0 Å². The Kier molecular flexibility index (Phi) is 5.33. The molecule has 0 aromatic heterocycles. The molecule has 0 amide bonds. The monoisotopic (exact) mass is 346 g/mol. The molecule has 3 N–H and O–H groups in total. The molecule has 0 heterocycles. The van der Waals surface area contributed by atoms with Crippen molar-refractivity contribution >= 4 is 5.78 Å². The van der Waals surface area contributed by atoms with E-state index in [1.807, 2.05) is 6.08 Å². The van der Waals surface area contributed by atoms with E-state index in [0.29, 0.717) is 12.8 Å². The number of carbonyl (C=O) groups excluding carboxylic acids is 1. The van der Waals surface area contributed by atoms with Crippen LogP contribution in [0.15, 0.2) is 34.9 Å². The summed E-state index contributed by atoms with van der Waals surface area (Å²) < 4.78 is 0. The van der Waals surface area contributed by atoms with Gasteiger partial charge in [-0.3, -0.25) is 4.79 Å². The lowest BCUT2D eigenvalue weighted by atomic mass is 9.63. The van der Waals surface area contributed by atoms with Crippen LogP contribution in [0, 0.1) is 17.3 Å². The first-order chi connectivity index (χ1) is 11.8. The van der Waals surface area contributed by atoms with Gasteiger partial charge >= 0.3 is 0 Å². The van der Waals surface area contributed by atoms with Gasteiger partial charge in [-0.05, 0) is 67.9 Å². The number of aliphatic hydroxyl groups is 3. The van der Waals surface area contributed by atoms with Gasteiger partial charge in [0.2, 0.25) is 0 Å². The zero-order chi connectivity index (χ0) is 18.2. The molecule has 3 rings (SSSR count). The Morgan fingerprint density at radius 3 is 2.76 bits per heavy atom. The Labute approximate surface area is 149 Å². The van der Waals surface area contributed by atoms with Crippen molar-refractivity contribution < 1.29 is 20.1 Å². The predicted octanol–water partition coefficient (Wildman–Crippen LogP) is 2.69. The molecule has 5 atom stereocenters. The zero-order valence-corrected chi connectivity index (χ0v) is 15.2. The van der Waals surface area contributed by atoms with E-state index in [1.165, 1.54) is 11.1 Å². The van der Waals surface area contributed by atoms with Gasteiger partial charge < -0.3 is 15.3 Å². The number of Topliss-reactive ketones (excluding diaryl/α,β-unsaturated/α-hetero) is 1. The van der Waals surface area contributed by atoms with Crippen molar-refractivity contribution in [3.8, 4) is 0 Å². The van der Waals surface area contributed by atoms with Gasteiger partial charge in [-0.1, -0.05) is 30.7 Å². The van der Waals surface area contributed by atoms with Gasteiger partial charge in [0.15, 0.2) is 5.78 Å². The second-order valence-electron chi connectivity index (χ2n) is 8.29. The molecule has 0 aliphatic heterocycles. The minimum absolute atomic E-state index is 0.101. The standard InChI is InChI=1S/C21H30O4/c1-13-3-6-16(23)9-14(13)4-5-15-10-17(24)11-21(2)18(15)7-8-19(21)20(25)12-22/h4-5,10,16-19,22-24H,3,6-9,11-12H2,1-2H3/b5-4+/t16-,17+,18-,19+,21-/m0/s1. The summed E-state index contributed by atoms with van der Waals surface area (Å²) in [5, 5.41) is 29.6. The minimum Gasteiger partial charge on any atom is -0.393 e. The first-order valence-electron chi connectivity index (χ1n) is 9.43. The Balaban J connectivity index is 1.85. The predicted molar refractivity (Wildman–Crippen MR) is 96.8 cm³/mol. The average molecular weight is 346 g/mol. The lowest BCUT2D eigenvalue weighted by Gasteiger charge is -2.41. The van der Waals surface area contributed by atoms with E-state index in [9.17, 15) is 20.1 Å². The van der Waals surface area contributed by atoms with Crippen LogP contribution in [0.25, 0.3) is 0 Å². The fourth-order valence-electron chi connectivity index (χ4n) is 5.21. The van der Waals surface area contributed by atoms with E-state index >= 15 is 0 Å². The van der Waals surface area contributed by atoms with Crippen LogP contribution in [0.1, 0.15) is 52.4 Å². The normalized spacial score (nSPS) is 38.8. The Morgan fingerprint density at radius 2 is 2.04 bits per heavy atom. The van der Waals surface area contributed by atoms with Crippen molar-refractivity contribution in [2.24, 2.45) is 17.3 Å². The Bertz CT molecular complexity index is 630. The van der Waals surface area contributed by atoms with Crippen molar-refractivity contribution in [3.63, 3.8) is 0 Å². The van der Waals surface area contributed by atoms with Crippen molar-refractivity contribution in [2.45, 2.75) is 64.6 Å². The summed E-state index contributed by atoms with van der Waals surface area (Å²) in [6.07, 6.45) is 9.97. The molecule has 0 spiro atoms. The molecule has 3 aliphatic rings. The smallest absolute Gasteiger partial charge is 0.161 e. The lowest BCUT2D eigenvalue weighted by molar-refractivity contribution is -0.129. The van der Waals surface area contributed by atoms with Gasteiger partial charge in [-0.25, -0.2) is 0 Å². The van der Waals surface area contributed by atoms with Crippen LogP contribution >= 0.6 is 0 Å². The van der Waals surface area contributed by atoms with Crippen LogP contribution in [0.4, 0.5) is 0 Å². The summed E-state index contributed by atoms with van der Waals surface area (Å²) in [5.41, 5.74) is 3.31. The summed E-state index contributed by atoms with van der Waals surface area (Å²) in [6.45, 7) is 3.79. The average Bonchev–Trinajstić information content (AvgIpc) is 2.91. The molecule has 0 radical (unpaired) electrons. The summed E-state index contributed by atoms with van der Waals surface area (Å²) in [5.74, 6) is -0.0369. The summed E-state index contributed by atoms with van der Waals surface area (Å²) >= 11 is 0. The fourth-order valence-corrected chi connectivity index (χ4v) is 5.21. The third-order valence-electron chi connectivity index (χ3n) is 6.65. The van der Waals surface area contributed by atoms with Crippen molar-refractivity contribution in [1.82, 2.24) is 0 Å². The molecule has 1 saturated carbocycles. The second kappa shape index (κ2) is 7.18. The van der Waals surface area contributed by atoms with E-state index in [4.69, 9.17) is 0 Å². The summed E-state index contributed by atoms with van der Waals surface area (Å²) in [4.78, 5) is 12.2. The zero-order valence-electron chi connectivity index (χ0n) is 15.2. The highest BCUT2D eigenvalue weighted by Crippen LogP contribution is 2.56. The molecule has 138 valence electrons. The van der Waals surface area contributed by atoms with Gasteiger partial charge in [0, 0.05) is 5.92 Å². The highest BCUT2D eigenvalue weighted by atomic mass is 16.3. The summed E-state index contributed by atoms with van der Waals surface area (Å²) in [6, 6.07) is 0. The van der Waals surface area contributed by atoms with Crippen LogP contribution in [0.5, 0.6) is 0 Å². The van der Waals surface area contributed by atoms with Gasteiger partial charge in [-0.15, -0.1) is 0 Å². The van der Waals surface area contributed by atoms with E-state index in [2.05, 4.69) is 26.0 Å². The molecule has 4 nitrogen and oxygen atoms in total. The molecule has 0 unspecified atom stereocenters. The van der Waals surface area contributed by atoms with Crippen LogP contribution < -0.4 is 0 Å². The fraction of sp³-hybridized carbons (Fsp3) is 0.667. The number of rotatable bonds is 4. The highest BCUT2D eigenvalue weighted by molar-refractivity contribution is 5.83.